The molecule has 1 saturated heterocycles. The van der Waals surface area contributed by atoms with Crippen molar-refractivity contribution >= 4 is 17.5 Å². The van der Waals surface area contributed by atoms with Crippen molar-refractivity contribution in [1.82, 2.24) is 10.2 Å². The van der Waals surface area contributed by atoms with Gasteiger partial charge in [0.25, 0.3) is 0 Å². The van der Waals surface area contributed by atoms with Gasteiger partial charge in [-0.05, 0) is 5.41 Å². The van der Waals surface area contributed by atoms with Gasteiger partial charge in [0.05, 0.1) is 11.9 Å². The molecule has 1 N–H and O–H groups in total. The highest BCUT2D eigenvalue weighted by Crippen LogP contribution is 2.33. The Labute approximate surface area is 87.5 Å². The van der Waals surface area contributed by atoms with Crippen molar-refractivity contribution in [2.45, 2.75) is 26.7 Å². The summed E-state index contributed by atoms with van der Waals surface area (Å²) in [7, 11) is 0. The van der Waals surface area contributed by atoms with Crippen molar-refractivity contribution in [2.24, 2.45) is 5.41 Å². The molecule has 1 aromatic heterocycles. The van der Waals surface area contributed by atoms with Gasteiger partial charge in [-0.25, -0.2) is 4.90 Å². The first kappa shape index (κ1) is 9.89. The van der Waals surface area contributed by atoms with Crippen LogP contribution in [-0.4, -0.2) is 22.0 Å². The Morgan fingerprint density at radius 2 is 1.93 bits per heavy atom. The van der Waals surface area contributed by atoms with Crippen LogP contribution in [0.5, 0.6) is 0 Å². The molecule has 2 heterocycles. The van der Waals surface area contributed by atoms with Crippen LogP contribution in [0.2, 0.25) is 0 Å². The molecule has 0 aliphatic carbocycles. The molecule has 5 nitrogen and oxygen atoms in total. The van der Waals surface area contributed by atoms with E-state index in [-0.39, 0.29) is 17.2 Å². The van der Waals surface area contributed by atoms with Gasteiger partial charge < -0.3 is 0 Å². The molecule has 1 fully saturated rings. The van der Waals surface area contributed by atoms with Crippen LogP contribution in [0.1, 0.15) is 26.7 Å². The molecule has 0 aromatic carbocycles. The quantitative estimate of drug-likeness (QED) is 0.701. The van der Waals surface area contributed by atoms with E-state index in [9.17, 15) is 9.59 Å². The van der Waals surface area contributed by atoms with Gasteiger partial charge in [-0.3, -0.25) is 14.7 Å². The number of carbonyl (C=O) groups excluding carboxylic acids is 2. The summed E-state index contributed by atoms with van der Waals surface area (Å²) in [5.41, 5.74) is 0.300. The second-order valence-corrected chi connectivity index (χ2v) is 4.60. The lowest BCUT2D eigenvalue weighted by Gasteiger charge is -2.33. The van der Waals surface area contributed by atoms with Gasteiger partial charge in [0, 0.05) is 19.0 Å². The van der Waals surface area contributed by atoms with Gasteiger partial charge in [0.1, 0.15) is 0 Å². The summed E-state index contributed by atoms with van der Waals surface area (Å²) in [4.78, 5) is 24.8. The summed E-state index contributed by atoms with van der Waals surface area (Å²) < 4.78 is 0. The number of rotatable bonds is 1. The van der Waals surface area contributed by atoms with Crippen molar-refractivity contribution in [1.29, 1.82) is 0 Å². The monoisotopic (exact) mass is 207 g/mol. The second kappa shape index (κ2) is 3.18. The Morgan fingerprint density at radius 3 is 2.40 bits per heavy atom. The zero-order valence-electron chi connectivity index (χ0n) is 8.78. The molecule has 0 radical (unpaired) electrons. The third-order valence-corrected chi connectivity index (χ3v) is 2.50. The van der Waals surface area contributed by atoms with Gasteiger partial charge in [0.15, 0.2) is 0 Å². The first-order valence-corrected chi connectivity index (χ1v) is 4.84. The van der Waals surface area contributed by atoms with E-state index in [1.54, 1.807) is 6.20 Å². The third-order valence-electron chi connectivity index (χ3n) is 2.50. The summed E-state index contributed by atoms with van der Waals surface area (Å²) >= 11 is 0. The maximum Gasteiger partial charge on any atom is 0.234 e. The lowest BCUT2D eigenvalue weighted by Crippen LogP contribution is -2.46. The second-order valence-electron chi connectivity index (χ2n) is 4.60. The predicted octanol–water partition coefficient (Wildman–Crippen LogP) is 1.09. The van der Waals surface area contributed by atoms with Gasteiger partial charge in [-0.1, -0.05) is 13.8 Å². The van der Waals surface area contributed by atoms with Gasteiger partial charge in [-0.2, -0.15) is 5.10 Å². The maximum absolute atomic E-state index is 11.8. The number of aromatic amines is 1. The Balaban J connectivity index is 2.29. The third kappa shape index (κ3) is 1.77. The highest BCUT2D eigenvalue weighted by atomic mass is 16.2. The van der Waals surface area contributed by atoms with Gasteiger partial charge in [0.2, 0.25) is 11.8 Å². The Bertz CT molecular complexity index is 375. The summed E-state index contributed by atoms with van der Waals surface area (Å²) in [6, 6.07) is 0. The molecular formula is C10H13N3O2. The number of hydrogen-bond donors (Lipinski definition) is 1. The number of nitrogens with zero attached hydrogens (tertiary/aromatic N) is 2. The largest absolute Gasteiger partial charge is 0.284 e. The van der Waals surface area contributed by atoms with Crippen molar-refractivity contribution < 1.29 is 9.59 Å². The summed E-state index contributed by atoms with van der Waals surface area (Å²) in [6.07, 6.45) is 3.82. The lowest BCUT2D eigenvalue weighted by molar-refractivity contribution is -0.132. The predicted molar refractivity (Wildman–Crippen MR) is 54.1 cm³/mol. The van der Waals surface area contributed by atoms with E-state index in [0.717, 1.165) is 0 Å². The minimum atomic E-state index is -0.228. The van der Waals surface area contributed by atoms with Crippen LogP contribution in [0.25, 0.3) is 0 Å². The molecular weight excluding hydrogens is 194 g/mol. The number of amides is 2. The molecule has 1 aliphatic rings. The number of aromatic nitrogens is 2. The standard InChI is InChI=1S/C10H13N3O2/c1-10(2)3-8(14)13(9(15)4-10)7-5-11-12-6-7/h5-6H,3-4H2,1-2H3,(H,11,12). The lowest BCUT2D eigenvalue weighted by atomic mass is 9.81. The smallest absolute Gasteiger partial charge is 0.234 e. The number of H-pyrrole nitrogens is 1. The van der Waals surface area contributed by atoms with E-state index in [4.69, 9.17) is 0 Å². The molecule has 0 saturated carbocycles. The first-order chi connectivity index (χ1) is 6.99. The summed E-state index contributed by atoms with van der Waals surface area (Å²) in [5, 5.41) is 6.32. The topological polar surface area (TPSA) is 66.1 Å². The van der Waals surface area contributed by atoms with Crippen LogP contribution in [0, 0.1) is 5.41 Å². The number of anilines is 1. The maximum atomic E-state index is 11.8. The highest BCUT2D eigenvalue weighted by molar-refractivity contribution is 6.16. The molecule has 1 aromatic rings. The minimum Gasteiger partial charge on any atom is -0.284 e. The fourth-order valence-corrected chi connectivity index (χ4v) is 1.83. The van der Waals surface area contributed by atoms with Gasteiger partial charge >= 0.3 is 0 Å². The first-order valence-electron chi connectivity index (χ1n) is 4.84. The van der Waals surface area contributed by atoms with Crippen LogP contribution in [0.4, 0.5) is 5.69 Å². The molecule has 0 unspecified atom stereocenters. The summed E-state index contributed by atoms with van der Waals surface area (Å²) in [5.74, 6) is -0.310. The van der Waals surface area contributed by atoms with E-state index in [1.165, 1.54) is 11.1 Å². The SMILES string of the molecule is CC1(C)CC(=O)N(c2cn[nH]c2)C(=O)C1. The molecule has 0 spiro atoms. The van der Waals surface area contributed by atoms with Crippen LogP contribution >= 0.6 is 0 Å². The number of nitrogens with one attached hydrogen (secondary N) is 1. The van der Waals surface area contributed by atoms with Crippen molar-refractivity contribution in [3.8, 4) is 0 Å². The number of piperidine rings is 1. The molecule has 0 bridgehead atoms. The normalized spacial score (nSPS) is 20.8. The van der Waals surface area contributed by atoms with E-state index in [2.05, 4.69) is 10.2 Å². The average molecular weight is 207 g/mol. The number of imide groups is 1. The zero-order valence-corrected chi connectivity index (χ0v) is 8.78. The Morgan fingerprint density at radius 1 is 1.33 bits per heavy atom. The fourth-order valence-electron chi connectivity index (χ4n) is 1.83. The van der Waals surface area contributed by atoms with E-state index >= 15 is 0 Å². The summed E-state index contributed by atoms with van der Waals surface area (Å²) in [6.45, 7) is 3.85. The molecule has 2 amide bonds. The molecule has 5 heteroatoms. The van der Waals surface area contributed by atoms with E-state index in [1.807, 2.05) is 13.8 Å². The van der Waals surface area contributed by atoms with Crippen LogP contribution in [0.15, 0.2) is 12.4 Å². The Kier molecular flexibility index (Phi) is 2.10. The molecule has 2 rings (SSSR count). The van der Waals surface area contributed by atoms with Gasteiger partial charge in [-0.15, -0.1) is 0 Å². The van der Waals surface area contributed by atoms with Crippen molar-refractivity contribution in [3.05, 3.63) is 12.4 Å². The minimum absolute atomic E-state index is 0.155. The van der Waals surface area contributed by atoms with Crippen LogP contribution < -0.4 is 4.90 Å². The molecule has 80 valence electrons. The van der Waals surface area contributed by atoms with Crippen molar-refractivity contribution in [2.75, 3.05) is 4.90 Å². The zero-order chi connectivity index (χ0) is 11.1. The highest BCUT2D eigenvalue weighted by Gasteiger charge is 2.38. The number of carbonyl (C=O) groups is 2. The molecule has 1 aliphatic heterocycles. The fraction of sp³-hybridized carbons (Fsp3) is 0.500. The Hall–Kier alpha value is -1.65. The van der Waals surface area contributed by atoms with Crippen LogP contribution in [-0.2, 0) is 9.59 Å². The van der Waals surface area contributed by atoms with Crippen molar-refractivity contribution in [3.63, 3.8) is 0 Å². The molecule has 15 heavy (non-hydrogen) atoms. The van der Waals surface area contributed by atoms with E-state index < -0.39 is 0 Å². The number of hydrogen-bond acceptors (Lipinski definition) is 3. The molecule has 0 atom stereocenters. The average Bonchev–Trinajstić information content (AvgIpc) is 2.52. The van der Waals surface area contributed by atoms with Crippen LogP contribution in [0.3, 0.4) is 0 Å². The van der Waals surface area contributed by atoms with E-state index in [0.29, 0.717) is 18.5 Å².